The molecule has 8 nitrogen and oxygen atoms in total. The van der Waals surface area contributed by atoms with E-state index in [2.05, 4.69) is 20.8 Å². The molecule has 1 unspecified atom stereocenters. The van der Waals surface area contributed by atoms with E-state index in [4.69, 9.17) is 4.99 Å². The van der Waals surface area contributed by atoms with Gasteiger partial charge in [-0.1, -0.05) is 26.7 Å². The molecule has 150 valence electrons. The first-order valence-corrected chi connectivity index (χ1v) is 10.1. The zero-order valence-corrected chi connectivity index (χ0v) is 17.0. The molecule has 2 aliphatic rings. The highest BCUT2D eigenvalue weighted by atomic mass is 16.2. The number of rotatable bonds is 5. The first-order chi connectivity index (χ1) is 12.9. The Bertz CT molecular complexity index is 676. The normalized spacial score (nSPS) is 21.3. The minimum absolute atomic E-state index is 0.0488. The summed E-state index contributed by atoms with van der Waals surface area (Å²) >= 11 is 0. The maximum absolute atomic E-state index is 12.2. The fraction of sp³-hybridized carbons (Fsp3) is 0.789. The number of aryl methyl sites for hydroxylation is 1. The number of nitrogens with zero attached hydrogens (tertiary/aromatic N) is 5. The van der Waals surface area contributed by atoms with Gasteiger partial charge in [0.1, 0.15) is 12.4 Å². The summed E-state index contributed by atoms with van der Waals surface area (Å²) in [6, 6.07) is 0.717. The van der Waals surface area contributed by atoms with Crippen LogP contribution in [0, 0.1) is 12.8 Å². The van der Waals surface area contributed by atoms with Crippen molar-refractivity contribution in [2.24, 2.45) is 18.0 Å². The molecule has 1 saturated carbocycles. The number of aromatic nitrogens is 3. The van der Waals surface area contributed by atoms with Gasteiger partial charge in [-0.05, 0) is 26.2 Å². The van der Waals surface area contributed by atoms with Crippen LogP contribution >= 0.6 is 0 Å². The van der Waals surface area contributed by atoms with Gasteiger partial charge in [0, 0.05) is 38.1 Å². The lowest BCUT2D eigenvalue weighted by atomic mass is 10.2. The number of carbonyl (C=O) groups excluding carboxylic acids is 1. The highest BCUT2D eigenvalue weighted by Gasteiger charge is 2.28. The Morgan fingerprint density at radius 3 is 2.52 bits per heavy atom. The van der Waals surface area contributed by atoms with E-state index in [1.165, 1.54) is 25.7 Å². The van der Waals surface area contributed by atoms with Crippen molar-refractivity contribution in [3.8, 4) is 0 Å². The number of aliphatic imine (C=N–C) groups is 1. The second-order valence-corrected chi connectivity index (χ2v) is 8.08. The van der Waals surface area contributed by atoms with Crippen molar-refractivity contribution in [2.45, 2.75) is 71.5 Å². The molecule has 1 aliphatic carbocycles. The van der Waals surface area contributed by atoms with Crippen molar-refractivity contribution >= 4 is 11.9 Å². The number of guanidine groups is 1. The Labute approximate surface area is 161 Å². The third kappa shape index (κ3) is 4.99. The molecule has 1 atom stereocenters. The van der Waals surface area contributed by atoms with Gasteiger partial charge >= 0.3 is 0 Å². The van der Waals surface area contributed by atoms with Gasteiger partial charge in [-0.3, -0.25) is 4.79 Å². The third-order valence-corrected chi connectivity index (χ3v) is 5.59. The van der Waals surface area contributed by atoms with Gasteiger partial charge in [0.05, 0.1) is 0 Å². The molecule has 3 rings (SSSR count). The first kappa shape index (κ1) is 19.6. The van der Waals surface area contributed by atoms with Crippen LogP contribution in [-0.4, -0.2) is 56.7 Å². The second-order valence-electron chi connectivity index (χ2n) is 8.08. The highest BCUT2D eigenvalue weighted by Crippen LogP contribution is 2.18. The molecule has 0 aromatic carbocycles. The van der Waals surface area contributed by atoms with Crippen LogP contribution in [0.25, 0.3) is 0 Å². The molecule has 0 spiro atoms. The van der Waals surface area contributed by atoms with E-state index in [1.54, 1.807) is 0 Å². The Balaban J connectivity index is 1.64. The van der Waals surface area contributed by atoms with E-state index < -0.39 is 0 Å². The summed E-state index contributed by atoms with van der Waals surface area (Å²) in [6.07, 6.45) is 5.87. The lowest BCUT2D eigenvalue weighted by Gasteiger charge is -2.22. The van der Waals surface area contributed by atoms with Crippen LogP contribution in [0.1, 0.15) is 57.6 Å². The number of carbonyl (C=O) groups is 1. The zero-order valence-electron chi connectivity index (χ0n) is 17.0. The maximum atomic E-state index is 12.2. The summed E-state index contributed by atoms with van der Waals surface area (Å²) in [5, 5.41) is 15.4. The summed E-state index contributed by atoms with van der Waals surface area (Å²) in [7, 11) is 1.96. The van der Waals surface area contributed by atoms with Gasteiger partial charge in [-0.2, -0.15) is 0 Å². The number of nitrogens with one attached hydrogen (secondary N) is 2. The minimum Gasteiger partial charge on any atom is -0.354 e. The quantitative estimate of drug-likeness (QED) is 0.599. The topological polar surface area (TPSA) is 87.4 Å². The van der Waals surface area contributed by atoms with E-state index in [-0.39, 0.29) is 17.9 Å². The van der Waals surface area contributed by atoms with Crippen LogP contribution < -0.4 is 10.6 Å². The van der Waals surface area contributed by atoms with Gasteiger partial charge in [0.25, 0.3) is 0 Å². The number of hydrogen-bond donors (Lipinski definition) is 2. The summed E-state index contributed by atoms with van der Waals surface area (Å²) < 4.78 is 1.97. The summed E-state index contributed by atoms with van der Waals surface area (Å²) in [5.74, 6) is 2.84. The van der Waals surface area contributed by atoms with Gasteiger partial charge in [-0.15, -0.1) is 10.2 Å². The monoisotopic (exact) mass is 375 g/mol. The van der Waals surface area contributed by atoms with Crippen LogP contribution in [0.2, 0.25) is 0 Å². The van der Waals surface area contributed by atoms with Crippen molar-refractivity contribution in [3.63, 3.8) is 0 Å². The van der Waals surface area contributed by atoms with Crippen molar-refractivity contribution in [3.05, 3.63) is 11.6 Å². The Morgan fingerprint density at radius 2 is 1.89 bits per heavy atom. The number of hydrogen-bond acceptors (Lipinski definition) is 4. The van der Waals surface area contributed by atoms with E-state index in [0.29, 0.717) is 12.6 Å². The van der Waals surface area contributed by atoms with Crippen LogP contribution in [0.15, 0.2) is 4.99 Å². The molecule has 2 heterocycles. The van der Waals surface area contributed by atoms with E-state index in [1.807, 2.05) is 37.3 Å². The van der Waals surface area contributed by atoms with Gasteiger partial charge < -0.3 is 20.1 Å². The second kappa shape index (κ2) is 8.71. The van der Waals surface area contributed by atoms with Crippen molar-refractivity contribution in [1.82, 2.24) is 30.3 Å². The maximum Gasteiger partial charge on any atom is 0.225 e. The fourth-order valence-electron chi connectivity index (χ4n) is 3.77. The highest BCUT2D eigenvalue weighted by molar-refractivity contribution is 5.81. The minimum atomic E-state index is 0.0488. The SMILES string of the molecule is Cc1nnc(CN=C(NC2CCCC2)NC2CCN(C(=O)C(C)C)C2)n1C. The molecule has 8 heteroatoms. The molecule has 1 aromatic heterocycles. The number of amides is 1. The van der Waals surface area contributed by atoms with E-state index >= 15 is 0 Å². The van der Waals surface area contributed by atoms with Gasteiger partial charge in [0.15, 0.2) is 11.8 Å². The molecular formula is C19H33N7O. The van der Waals surface area contributed by atoms with Crippen molar-refractivity contribution < 1.29 is 4.79 Å². The molecule has 1 aromatic rings. The van der Waals surface area contributed by atoms with Crippen molar-refractivity contribution in [1.29, 1.82) is 0 Å². The first-order valence-electron chi connectivity index (χ1n) is 10.1. The summed E-state index contributed by atoms with van der Waals surface area (Å²) in [4.78, 5) is 19.0. The van der Waals surface area contributed by atoms with Crippen LogP contribution in [0.5, 0.6) is 0 Å². The van der Waals surface area contributed by atoms with Crippen LogP contribution in [0.4, 0.5) is 0 Å². The summed E-state index contributed by atoms with van der Waals surface area (Å²) in [5.41, 5.74) is 0. The Morgan fingerprint density at radius 1 is 1.19 bits per heavy atom. The Kier molecular flexibility index (Phi) is 6.34. The Hall–Kier alpha value is -2.12. The standard InChI is InChI=1S/C19H33N7O/c1-13(2)18(27)26-10-9-16(12-26)22-19(21-15-7-5-6-8-15)20-11-17-24-23-14(3)25(17)4/h13,15-16H,5-12H2,1-4H3,(H2,20,21,22). The molecule has 27 heavy (non-hydrogen) atoms. The van der Waals surface area contributed by atoms with Gasteiger partial charge in [-0.25, -0.2) is 4.99 Å². The molecule has 1 amide bonds. The molecule has 2 fully saturated rings. The average Bonchev–Trinajstić information content (AvgIpc) is 3.37. The van der Waals surface area contributed by atoms with E-state index in [9.17, 15) is 4.79 Å². The van der Waals surface area contributed by atoms with Crippen LogP contribution in [-0.2, 0) is 18.4 Å². The smallest absolute Gasteiger partial charge is 0.225 e. The molecule has 1 aliphatic heterocycles. The largest absolute Gasteiger partial charge is 0.354 e. The molecule has 2 N–H and O–H groups in total. The lowest BCUT2D eigenvalue weighted by Crippen LogP contribution is -2.48. The van der Waals surface area contributed by atoms with Crippen LogP contribution in [0.3, 0.4) is 0 Å². The fourth-order valence-corrected chi connectivity index (χ4v) is 3.77. The third-order valence-electron chi connectivity index (χ3n) is 5.59. The van der Waals surface area contributed by atoms with Crippen molar-refractivity contribution in [2.75, 3.05) is 13.1 Å². The molecule has 1 saturated heterocycles. The molecular weight excluding hydrogens is 342 g/mol. The average molecular weight is 376 g/mol. The molecule has 0 radical (unpaired) electrons. The number of likely N-dealkylation sites (tertiary alicyclic amines) is 1. The van der Waals surface area contributed by atoms with E-state index in [0.717, 1.165) is 37.1 Å². The lowest BCUT2D eigenvalue weighted by molar-refractivity contribution is -0.133. The predicted octanol–water partition coefficient (Wildman–Crippen LogP) is 1.36. The predicted molar refractivity (Wildman–Crippen MR) is 105 cm³/mol. The zero-order chi connectivity index (χ0) is 19.4. The van der Waals surface area contributed by atoms with Gasteiger partial charge in [0.2, 0.25) is 5.91 Å². The molecule has 0 bridgehead atoms. The summed E-state index contributed by atoms with van der Waals surface area (Å²) in [6.45, 7) is 7.90.